The minimum Gasteiger partial charge on any atom is -0.460 e. The van der Waals surface area contributed by atoms with E-state index in [2.05, 4.69) is 0 Å². The zero-order valence-electron chi connectivity index (χ0n) is 9.69. The topological polar surface area (TPSA) is 72.5 Å². The van der Waals surface area contributed by atoms with Crippen LogP contribution in [0, 0.1) is 5.92 Å². The molecule has 4 heteroatoms. The second kappa shape index (κ2) is 4.49. The Kier molecular flexibility index (Phi) is 3.73. The zero-order chi connectivity index (χ0) is 11.6. The number of nitrogens with two attached hydrogens (primary N) is 1. The molecule has 1 fully saturated rings. The van der Waals surface area contributed by atoms with Gasteiger partial charge in [0.1, 0.15) is 5.60 Å². The van der Waals surface area contributed by atoms with E-state index < -0.39 is 11.7 Å². The summed E-state index contributed by atoms with van der Waals surface area (Å²) < 4.78 is 5.27. The van der Waals surface area contributed by atoms with E-state index in [0.29, 0.717) is 19.3 Å². The number of ether oxygens (including phenoxy) is 1. The predicted octanol–water partition coefficient (Wildman–Crippen LogP) is 0.816. The molecule has 0 radical (unpaired) electrons. The summed E-state index contributed by atoms with van der Waals surface area (Å²) in [7, 11) is 0. The molecule has 0 heterocycles. The lowest BCUT2D eigenvalue weighted by Gasteiger charge is -2.31. The summed E-state index contributed by atoms with van der Waals surface area (Å²) in [6, 6.07) is -0.191. The van der Waals surface area contributed by atoms with Crippen molar-refractivity contribution in [2.75, 3.05) is 0 Å². The Balaban J connectivity index is 2.48. The molecule has 0 aliphatic heterocycles. The molecule has 0 saturated heterocycles. The van der Waals surface area contributed by atoms with Gasteiger partial charge in [0.2, 0.25) is 0 Å². The monoisotopic (exact) mass is 215 g/mol. The summed E-state index contributed by atoms with van der Waals surface area (Å²) in [6.45, 7) is 5.53. The van der Waals surface area contributed by atoms with Gasteiger partial charge >= 0.3 is 5.97 Å². The third-order valence-corrected chi connectivity index (χ3v) is 2.61. The van der Waals surface area contributed by atoms with Gasteiger partial charge in [-0.05, 0) is 40.0 Å². The van der Waals surface area contributed by atoms with Crippen molar-refractivity contribution in [3.05, 3.63) is 0 Å². The van der Waals surface area contributed by atoms with Crippen LogP contribution in [0.1, 0.15) is 40.0 Å². The molecule has 0 aromatic rings. The zero-order valence-corrected chi connectivity index (χ0v) is 9.69. The van der Waals surface area contributed by atoms with Gasteiger partial charge in [-0.3, -0.25) is 4.79 Å². The number of aliphatic hydroxyl groups is 1. The van der Waals surface area contributed by atoms with E-state index in [1.807, 2.05) is 20.8 Å². The summed E-state index contributed by atoms with van der Waals surface area (Å²) >= 11 is 0. The van der Waals surface area contributed by atoms with Crippen molar-refractivity contribution in [2.24, 2.45) is 11.7 Å². The van der Waals surface area contributed by atoms with Crippen LogP contribution in [0.4, 0.5) is 0 Å². The fourth-order valence-electron chi connectivity index (χ4n) is 1.77. The molecule has 0 spiro atoms. The van der Waals surface area contributed by atoms with Gasteiger partial charge in [0.15, 0.2) is 0 Å². The highest BCUT2D eigenvalue weighted by atomic mass is 16.6. The second-order valence-electron chi connectivity index (χ2n) is 5.27. The smallest absolute Gasteiger partial charge is 0.309 e. The summed E-state index contributed by atoms with van der Waals surface area (Å²) in [6.07, 6.45) is 1.25. The molecule has 3 atom stereocenters. The van der Waals surface area contributed by atoms with Crippen LogP contribution in [0.3, 0.4) is 0 Å². The molecule has 88 valence electrons. The van der Waals surface area contributed by atoms with Crippen molar-refractivity contribution >= 4 is 5.97 Å². The average molecular weight is 215 g/mol. The van der Waals surface area contributed by atoms with Gasteiger partial charge in [0.25, 0.3) is 0 Å². The molecular weight excluding hydrogens is 194 g/mol. The molecule has 0 aromatic heterocycles. The fraction of sp³-hybridized carbons (Fsp3) is 0.909. The van der Waals surface area contributed by atoms with Crippen LogP contribution in [-0.4, -0.2) is 28.8 Å². The maximum Gasteiger partial charge on any atom is 0.309 e. The number of carbonyl (C=O) groups excluding carboxylic acids is 1. The Bertz CT molecular complexity index is 234. The summed E-state index contributed by atoms with van der Waals surface area (Å²) in [5.74, 6) is -0.410. The van der Waals surface area contributed by atoms with E-state index in [-0.39, 0.29) is 17.9 Å². The maximum atomic E-state index is 11.7. The molecule has 0 amide bonds. The molecule has 0 bridgehead atoms. The van der Waals surface area contributed by atoms with Gasteiger partial charge in [-0.2, -0.15) is 0 Å². The van der Waals surface area contributed by atoms with E-state index in [9.17, 15) is 9.90 Å². The molecule has 0 aromatic carbocycles. The summed E-state index contributed by atoms with van der Waals surface area (Å²) in [4.78, 5) is 11.7. The number of rotatable bonds is 1. The highest BCUT2D eigenvalue weighted by Gasteiger charge is 2.33. The quantitative estimate of drug-likeness (QED) is 0.635. The van der Waals surface area contributed by atoms with Crippen molar-refractivity contribution in [2.45, 2.75) is 57.8 Å². The first-order chi connectivity index (χ1) is 6.79. The largest absolute Gasteiger partial charge is 0.460 e. The number of aliphatic hydroxyl groups excluding tert-OH is 1. The molecule has 15 heavy (non-hydrogen) atoms. The number of carbonyl (C=O) groups is 1. The van der Waals surface area contributed by atoms with Crippen molar-refractivity contribution < 1.29 is 14.6 Å². The van der Waals surface area contributed by atoms with Gasteiger partial charge in [-0.15, -0.1) is 0 Å². The Hall–Kier alpha value is -0.610. The molecule has 1 saturated carbocycles. The lowest BCUT2D eigenvalue weighted by atomic mass is 9.84. The Morgan fingerprint density at radius 2 is 2.00 bits per heavy atom. The maximum absolute atomic E-state index is 11.7. The lowest BCUT2D eigenvalue weighted by molar-refractivity contribution is -0.162. The molecule has 1 aliphatic rings. The normalized spacial score (nSPS) is 32.5. The fourth-order valence-corrected chi connectivity index (χ4v) is 1.77. The minimum absolute atomic E-state index is 0.191. The summed E-state index contributed by atoms with van der Waals surface area (Å²) in [5.41, 5.74) is 5.21. The van der Waals surface area contributed by atoms with E-state index in [1.165, 1.54) is 0 Å². The standard InChI is InChI=1S/C11H21NO3/c1-11(2,3)15-10(14)7-4-5-8(12)9(13)6-7/h7-9,13H,4-6,12H2,1-3H3/t7-,8+,9+/m1/s1. The van der Waals surface area contributed by atoms with Crippen molar-refractivity contribution in [3.63, 3.8) is 0 Å². The van der Waals surface area contributed by atoms with Crippen LogP contribution in [0.5, 0.6) is 0 Å². The first kappa shape index (κ1) is 12.5. The first-order valence-electron chi connectivity index (χ1n) is 5.46. The van der Waals surface area contributed by atoms with E-state index in [4.69, 9.17) is 10.5 Å². The molecule has 1 aliphatic carbocycles. The minimum atomic E-state index is -0.573. The van der Waals surface area contributed by atoms with E-state index in [1.54, 1.807) is 0 Å². The molecule has 0 unspecified atom stereocenters. The highest BCUT2D eigenvalue weighted by Crippen LogP contribution is 2.26. The molecule has 1 rings (SSSR count). The van der Waals surface area contributed by atoms with Gasteiger partial charge in [-0.1, -0.05) is 0 Å². The van der Waals surface area contributed by atoms with E-state index >= 15 is 0 Å². The number of hydrogen-bond acceptors (Lipinski definition) is 4. The van der Waals surface area contributed by atoms with Crippen LogP contribution >= 0.6 is 0 Å². The lowest BCUT2D eigenvalue weighted by Crippen LogP contribution is -2.43. The predicted molar refractivity (Wildman–Crippen MR) is 57.2 cm³/mol. The second-order valence-corrected chi connectivity index (χ2v) is 5.27. The molecule has 4 nitrogen and oxygen atoms in total. The van der Waals surface area contributed by atoms with Crippen LogP contribution < -0.4 is 5.73 Å². The Morgan fingerprint density at radius 1 is 1.40 bits per heavy atom. The Morgan fingerprint density at radius 3 is 2.47 bits per heavy atom. The average Bonchev–Trinajstić information content (AvgIpc) is 2.06. The van der Waals surface area contributed by atoms with Crippen molar-refractivity contribution in [1.82, 2.24) is 0 Å². The van der Waals surface area contributed by atoms with Gasteiger partial charge in [0.05, 0.1) is 12.0 Å². The highest BCUT2D eigenvalue weighted by molar-refractivity contribution is 5.73. The van der Waals surface area contributed by atoms with Crippen molar-refractivity contribution in [3.8, 4) is 0 Å². The van der Waals surface area contributed by atoms with Crippen LogP contribution in [0.25, 0.3) is 0 Å². The van der Waals surface area contributed by atoms with E-state index in [0.717, 1.165) is 0 Å². The first-order valence-corrected chi connectivity index (χ1v) is 5.46. The van der Waals surface area contributed by atoms with Gasteiger partial charge < -0.3 is 15.6 Å². The third-order valence-electron chi connectivity index (χ3n) is 2.61. The number of hydrogen-bond donors (Lipinski definition) is 2. The van der Waals surface area contributed by atoms with Crippen molar-refractivity contribution in [1.29, 1.82) is 0 Å². The number of esters is 1. The van der Waals surface area contributed by atoms with Crippen LogP contribution in [0.15, 0.2) is 0 Å². The van der Waals surface area contributed by atoms with Crippen LogP contribution in [-0.2, 0) is 9.53 Å². The van der Waals surface area contributed by atoms with Crippen LogP contribution in [0.2, 0.25) is 0 Å². The summed E-state index contributed by atoms with van der Waals surface area (Å²) in [5, 5.41) is 9.56. The molecular formula is C11H21NO3. The van der Waals surface area contributed by atoms with Gasteiger partial charge in [0, 0.05) is 6.04 Å². The SMILES string of the molecule is CC(C)(C)OC(=O)[C@@H]1CC[C@H](N)[C@@H](O)C1. The molecule has 3 N–H and O–H groups in total. The third kappa shape index (κ3) is 3.80. The Labute approximate surface area is 90.8 Å². The van der Waals surface area contributed by atoms with Gasteiger partial charge in [-0.25, -0.2) is 0 Å².